The zero-order chi connectivity index (χ0) is 13.9. The maximum absolute atomic E-state index is 6.00. The molecular formula is C15H24ClNOS. The molecule has 1 unspecified atom stereocenters. The fraction of sp³-hybridized carbons (Fsp3) is 0.600. The quantitative estimate of drug-likeness (QED) is 0.516. The molecule has 1 aromatic carbocycles. The Balaban J connectivity index is 2.37. The van der Waals surface area contributed by atoms with Crippen LogP contribution in [0.5, 0.6) is 0 Å². The smallest absolute Gasteiger partial charge is 0.0462 e. The third kappa shape index (κ3) is 7.83. The Hall–Kier alpha value is -0.220. The van der Waals surface area contributed by atoms with E-state index in [1.807, 2.05) is 30.0 Å². The van der Waals surface area contributed by atoms with Crippen molar-refractivity contribution >= 4 is 23.4 Å². The van der Waals surface area contributed by atoms with E-state index in [1.165, 1.54) is 11.3 Å². The Morgan fingerprint density at radius 2 is 2.26 bits per heavy atom. The van der Waals surface area contributed by atoms with Crippen molar-refractivity contribution in [3.63, 3.8) is 0 Å². The van der Waals surface area contributed by atoms with Crippen molar-refractivity contribution in [2.75, 3.05) is 26.0 Å². The first-order chi connectivity index (χ1) is 9.26. The van der Waals surface area contributed by atoms with Crippen LogP contribution in [0.2, 0.25) is 5.02 Å². The standard InChI is InChI=1S/C15H24ClNOS/c1-3-9-17-14(7-5-10-18-2)12-19-15-8-4-6-13(16)11-15/h4,6,8,11,14,17H,3,5,7,9-10,12H2,1-2H3. The van der Waals surface area contributed by atoms with E-state index in [4.69, 9.17) is 16.3 Å². The molecule has 2 nitrogen and oxygen atoms in total. The van der Waals surface area contributed by atoms with Gasteiger partial charge in [-0.3, -0.25) is 0 Å². The lowest BCUT2D eigenvalue weighted by molar-refractivity contribution is 0.189. The van der Waals surface area contributed by atoms with Gasteiger partial charge < -0.3 is 10.1 Å². The van der Waals surface area contributed by atoms with Crippen molar-refractivity contribution in [2.45, 2.75) is 37.1 Å². The second-order valence-corrected chi connectivity index (χ2v) is 6.08. The summed E-state index contributed by atoms with van der Waals surface area (Å²) in [6.45, 7) is 4.11. The molecule has 108 valence electrons. The Morgan fingerprint density at radius 1 is 1.42 bits per heavy atom. The average molecular weight is 302 g/mol. The number of ether oxygens (including phenoxy) is 1. The number of thioether (sulfide) groups is 1. The number of nitrogens with one attached hydrogen (secondary N) is 1. The van der Waals surface area contributed by atoms with Gasteiger partial charge in [-0.1, -0.05) is 24.6 Å². The average Bonchev–Trinajstić information content (AvgIpc) is 2.41. The maximum atomic E-state index is 6.00. The number of hydrogen-bond acceptors (Lipinski definition) is 3. The van der Waals surface area contributed by atoms with Crippen LogP contribution in [0.25, 0.3) is 0 Å². The summed E-state index contributed by atoms with van der Waals surface area (Å²) in [6.07, 6.45) is 3.43. The number of rotatable bonds is 10. The van der Waals surface area contributed by atoms with Gasteiger partial charge in [0, 0.05) is 35.4 Å². The molecule has 1 N–H and O–H groups in total. The first-order valence-electron chi connectivity index (χ1n) is 6.87. The molecule has 0 bridgehead atoms. The van der Waals surface area contributed by atoms with Gasteiger partial charge in [0.05, 0.1) is 0 Å². The summed E-state index contributed by atoms with van der Waals surface area (Å²) >= 11 is 7.86. The van der Waals surface area contributed by atoms with Crippen LogP contribution < -0.4 is 5.32 Å². The molecule has 0 spiro atoms. The highest BCUT2D eigenvalue weighted by atomic mass is 35.5. The van der Waals surface area contributed by atoms with E-state index in [2.05, 4.69) is 18.3 Å². The minimum absolute atomic E-state index is 0.541. The summed E-state index contributed by atoms with van der Waals surface area (Å²) in [5, 5.41) is 4.41. The second-order valence-electron chi connectivity index (χ2n) is 4.55. The van der Waals surface area contributed by atoms with Crippen molar-refractivity contribution in [1.29, 1.82) is 0 Å². The Bertz CT molecular complexity index is 349. The van der Waals surface area contributed by atoms with E-state index in [9.17, 15) is 0 Å². The Kier molecular flexibility index (Phi) is 9.35. The predicted molar refractivity (Wildman–Crippen MR) is 85.4 cm³/mol. The third-order valence-corrected chi connectivity index (χ3v) is 4.22. The third-order valence-electron chi connectivity index (χ3n) is 2.83. The molecule has 0 heterocycles. The van der Waals surface area contributed by atoms with Gasteiger partial charge in [-0.25, -0.2) is 0 Å². The van der Waals surface area contributed by atoms with Gasteiger partial charge in [-0.05, 0) is 44.0 Å². The lowest BCUT2D eigenvalue weighted by atomic mass is 10.2. The van der Waals surface area contributed by atoms with E-state index >= 15 is 0 Å². The minimum atomic E-state index is 0.541. The van der Waals surface area contributed by atoms with E-state index in [0.29, 0.717) is 6.04 Å². The number of hydrogen-bond donors (Lipinski definition) is 1. The minimum Gasteiger partial charge on any atom is -0.385 e. The number of methoxy groups -OCH3 is 1. The summed E-state index contributed by atoms with van der Waals surface area (Å²) in [4.78, 5) is 1.24. The highest BCUT2D eigenvalue weighted by Gasteiger charge is 2.08. The lowest BCUT2D eigenvalue weighted by Crippen LogP contribution is -2.32. The normalized spacial score (nSPS) is 12.6. The van der Waals surface area contributed by atoms with Crippen LogP contribution in [0.3, 0.4) is 0 Å². The molecule has 0 radical (unpaired) electrons. The molecule has 0 fully saturated rings. The van der Waals surface area contributed by atoms with Crippen LogP contribution in [0.4, 0.5) is 0 Å². The van der Waals surface area contributed by atoms with E-state index in [0.717, 1.165) is 36.8 Å². The summed E-state index contributed by atoms with van der Waals surface area (Å²) < 4.78 is 5.12. The summed E-state index contributed by atoms with van der Waals surface area (Å²) in [6, 6.07) is 8.60. The fourth-order valence-corrected chi connectivity index (χ4v) is 3.14. The molecule has 1 atom stereocenters. The zero-order valence-electron chi connectivity index (χ0n) is 11.8. The van der Waals surface area contributed by atoms with Gasteiger partial charge in [0.25, 0.3) is 0 Å². The van der Waals surface area contributed by atoms with Crippen LogP contribution in [-0.4, -0.2) is 32.1 Å². The lowest BCUT2D eigenvalue weighted by Gasteiger charge is -2.18. The van der Waals surface area contributed by atoms with Gasteiger partial charge in [0.2, 0.25) is 0 Å². The molecule has 19 heavy (non-hydrogen) atoms. The Labute approximate surface area is 126 Å². The number of halogens is 1. The van der Waals surface area contributed by atoms with Crippen LogP contribution in [0.15, 0.2) is 29.2 Å². The van der Waals surface area contributed by atoms with Crippen molar-refractivity contribution in [3.8, 4) is 0 Å². The van der Waals surface area contributed by atoms with E-state index < -0.39 is 0 Å². The second kappa shape index (κ2) is 10.6. The molecule has 1 aromatic rings. The van der Waals surface area contributed by atoms with Gasteiger partial charge in [0.15, 0.2) is 0 Å². The summed E-state index contributed by atoms with van der Waals surface area (Å²) in [5.41, 5.74) is 0. The summed E-state index contributed by atoms with van der Waals surface area (Å²) in [7, 11) is 1.76. The molecule has 0 amide bonds. The Morgan fingerprint density at radius 3 is 2.95 bits per heavy atom. The predicted octanol–water partition coefficient (Wildman–Crippen LogP) is 4.23. The van der Waals surface area contributed by atoms with Gasteiger partial charge in [0.1, 0.15) is 0 Å². The van der Waals surface area contributed by atoms with Crippen molar-refractivity contribution in [3.05, 3.63) is 29.3 Å². The van der Waals surface area contributed by atoms with Crippen molar-refractivity contribution in [1.82, 2.24) is 5.32 Å². The molecule has 0 aromatic heterocycles. The topological polar surface area (TPSA) is 21.3 Å². The van der Waals surface area contributed by atoms with Gasteiger partial charge in [-0.2, -0.15) is 0 Å². The largest absolute Gasteiger partial charge is 0.385 e. The fourth-order valence-electron chi connectivity index (χ4n) is 1.82. The monoisotopic (exact) mass is 301 g/mol. The van der Waals surface area contributed by atoms with E-state index in [1.54, 1.807) is 7.11 Å². The molecule has 0 saturated heterocycles. The van der Waals surface area contributed by atoms with Crippen molar-refractivity contribution < 1.29 is 4.74 Å². The zero-order valence-corrected chi connectivity index (χ0v) is 13.4. The highest BCUT2D eigenvalue weighted by Crippen LogP contribution is 2.23. The van der Waals surface area contributed by atoms with Gasteiger partial charge >= 0.3 is 0 Å². The molecule has 0 saturated carbocycles. The van der Waals surface area contributed by atoms with Gasteiger partial charge in [-0.15, -0.1) is 11.8 Å². The van der Waals surface area contributed by atoms with Crippen LogP contribution in [0, 0.1) is 0 Å². The highest BCUT2D eigenvalue weighted by molar-refractivity contribution is 7.99. The molecule has 0 aliphatic heterocycles. The molecule has 0 aliphatic rings. The van der Waals surface area contributed by atoms with Crippen LogP contribution >= 0.6 is 23.4 Å². The first kappa shape index (κ1) is 16.8. The maximum Gasteiger partial charge on any atom is 0.0462 e. The molecule has 4 heteroatoms. The van der Waals surface area contributed by atoms with Crippen LogP contribution in [-0.2, 0) is 4.74 Å². The van der Waals surface area contributed by atoms with Crippen LogP contribution in [0.1, 0.15) is 26.2 Å². The molecule has 1 rings (SSSR count). The SMILES string of the molecule is CCCNC(CCCOC)CSc1cccc(Cl)c1. The first-order valence-corrected chi connectivity index (χ1v) is 8.23. The molecule has 0 aliphatic carbocycles. The van der Waals surface area contributed by atoms with Crippen molar-refractivity contribution in [2.24, 2.45) is 0 Å². The molecular weight excluding hydrogens is 278 g/mol. The number of benzene rings is 1. The van der Waals surface area contributed by atoms with E-state index in [-0.39, 0.29) is 0 Å². The summed E-state index contributed by atoms with van der Waals surface area (Å²) in [5.74, 6) is 1.07.